The monoisotopic (exact) mass is 203 g/mol. The van der Waals surface area contributed by atoms with Gasteiger partial charge in [0.05, 0.1) is 6.10 Å². The molecular weight excluding hydrogens is 190 g/mol. The Kier molecular flexibility index (Phi) is 2.24. The van der Waals surface area contributed by atoms with Gasteiger partial charge in [-0.1, -0.05) is 0 Å². The molecule has 1 saturated carbocycles. The van der Waals surface area contributed by atoms with E-state index in [0.29, 0.717) is 24.9 Å². The van der Waals surface area contributed by atoms with Crippen LogP contribution in [0.3, 0.4) is 0 Å². The van der Waals surface area contributed by atoms with Crippen LogP contribution in [0.4, 0.5) is 0 Å². The smallest absolute Gasteiger partial charge is 0.240 e. The Morgan fingerprint density at radius 2 is 2.08 bits per heavy atom. The number of fused-ring (bicyclic) bond motifs is 2. The third kappa shape index (κ3) is 1.44. The first-order valence-corrected chi connectivity index (χ1v) is 5.14. The topological polar surface area (TPSA) is 40.5 Å². The molecule has 3 atom stereocenters. The minimum atomic E-state index is -0.436. The molecule has 2 saturated heterocycles. The molecule has 2 heterocycles. The molecule has 1 aliphatic carbocycles. The second-order valence-electron chi connectivity index (χ2n) is 4.11. The van der Waals surface area contributed by atoms with Gasteiger partial charge in [-0.15, -0.1) is 11.6 Å². The first-order valence-electron chi connectivity index (χ1n) is 4.70. The van der Waals surface area contributed by atoms with Crippen molar-refractivity contribution < 1.29 is 9.90 Å². The zero-order valence-corrected chi connectivity index (χ0v) is 8.37. The molecule has 3 aliphatic rings. The lowest BCUT2D eigenvalue weighted by molar-refractivity contribution is -0.149. The molecule has 0 aromatic heterocycles. The molecule has 0 spiro atoms. The molecule has 74 valence electrons. The van der Waals surface area contributed by atoms with E-state index in [-0.39, 0.29) is 12.0 Å². The third-order valence-electron chi connectivity index (χ3n) is 3.13. The summed E-state index contributed by atoms with van der Waals surface area (Å²) in [6.45, 7) is 3.07. The van der Waals surface area contributed by atoms with Crippen LogP contribution in [0.1, 0.15) is 13.3 Å². The fourth-order valence-corrected chi connectivity index (χ4v) is 2.43. The van der Waals surface area contributed by atoms with E-state index >= 15 is 0 Å². The second kappa shape index (κ2) is 3.14. The SMILES string of the molecule is CC(Cl)C(=O)N1CC2CC(C1)C2O. The molecule has 3 unspecified atom stereocenters. The number of halogens is 1. The summed E-state index contributed by atoms with van der Waals surface area (Å²) < 4.78 is 0. The molecule has 2 aliphatic heterocycles. The number of amides is 1. The van der Waals surface area contributed by atoms with Gasteiger partial charge < -0.3 is 10.0 Å². The number of aliphatic hydroxyl groups excluding tert-OH is 1. The highest BCUT2D eigenvalue weighted by Gasteiger charge is 2.47. The first kappa shape index (κ1) is 9.28. The van der Waals surface area contributed by atoms with E-state index in [1.165, 1.54) is 0 Å². The van der Waals surface area contributed by atoms with Crippen LogP contribution in [0.25, 0.3) is 0 Å². The minimum Gasteiger partial charge on any atom is -0.392 e. The maximum atomic E-state index is 11.5. The Morgan fingerprint density at radius 3 is 2.46 bits per heavy atom. The molecule has 13 heavy (non-hydrogen) atoms. The number of hydrogen-bond acceptors (Lipinski definition) is 2. The van der Waals surface area contributed by atoms with E-state index in [1.54, 1.807) is 11.8 Å². The highest BCUT2D eigenvalue weighted by molar-refractivity contribution is 6.30. The Hall–Kier alpha value is -0.280. The van der Waals surface area contributed by atoms with Crippen molar-refractivity contribution in [2.24, 2.45) is 11.8 Å². The van der Waals surface area contributed by atoms with Crippen molar-refractivity contribution in [3.8, 4) is 0 Å². The summed E-state index contributed by atoms with van der Waals surface area (Å²) in [5.74, 6) is 0.611. The van der Waals surface area contributed by atoms with Crippen molar-refractivity contribution in [1.29, 1.82) is 0 Å². The van der Waals surface area contributed by atoms with Crippen LogP contribution >= 0.6 is 11.6 Å². The molecule has 0 aromatic rings. The fraction of sp³-hybridized carbons (Fsp3) is 0.889. The summed E-state index contributed by atoms with van der Waals surface area (Å²) in [4.78, 5) is 13.3. The van der Waals surface area contributed by atoms with Gasteiger partial charge in [0.15, 0.2) is 0 Å². The van der Waals surface area contributed by atoms with Gasteiger partial charge in [0.1, 0.15) is 5.38 Å². The van der Waals surface area contributed by atoms with Crippen LogP contribution in [0.2, 0.25) is 0 Å². The Labute approximate surface area is 82.7 Å². The quantitative estimate of drug-likeness (QED) is 0.629. The van der Waals surface area contributed by atoms with Gasteiger partial charge in [-0.2, -0.15) is 0 Å². The second-order valence-corrected chi connectivity index (χ2v) is 4.76. The summed E-state index contributed by atoms with van der Waals surface area (Å²) in [7, 11) is 0. The number of carbonyl (C=O) groups excluding carboxylic acids is 1. The van der Waals surface area contributed by atoms with Gasteiger partial charge in [-0.05, 0) is 13.3 Å². The van der Waals surface area contributed by atoms with Crippen molar-refractivity contribution in [3.05, 3.63) is 0 Å². The van der Waals surface area contributed by atoms with Crippen LogP contribution in [0.5, 0.6) is 0 Å². The van der Waals surface area contributed by atoms with E-state index in [9.17, 15) is 9.90 Å². The summed E-state index contributed by atoms with van der Waals surface area (Å²) in [5, 5.41) is 9.06. The van der Waals surface area contributed by atoms with Gasteiger partial charge >= 0.3 is 0 Å². The van der Waals surface area contributed by atoms with Crippen LogP contribution in [0, 0.1) is 11.8 Å². The number of carbonyl (C=O) groups is 1. The molecule has 3 nitrogen and oxygen atoms in total. The molecular formula is C9H14ClNO2. The third-order valence-corrected chi connectivity index (χ3v) is 3.32. The van der Waals surface area contributed by atoms with Crippen molar-refractivity contribution in [1.82, 2.24) is 4.90 Å². The van der Waals surface area contributed by atoms with Crippen molar-refractivity contribution >= 4 is 17.5 Å². The predicted molar refractivity (Wildman–Crippen MR) is 49.5 cm³/mol. The standard InChI is InChI=1S/C9H14ClNO2/c1-5(10)9(13)11-3-6-2-7(4-11)8(6)12/h5-8,12H,2-4H2,1H3. The molecule has 3 rings (SSSR count). The number of nitrogens with zero attached hydrogens (tertiary/aromatic N) is 1. The van der Waals surface area contributed by atoms with Crippen LogP contribution in [0.15, 0.2) is 0 Å². The zero-order valence-electron chi connectivity index (χ0n) is 7.61. The van der Waals surface area contributed by atoms with Gasteiger partial charge in [0, 0.05) is 24.9 Å². The van der Waals surface area contributed by atoms with E-state index in [0.717, 1.165) is 6.42 Å². The van der Waals surface area contributed by atoms with E-state index in [4.69, 9.17) is 11.6 Å². The number of rotatable bonds is 1. The number of piperidine rings is 2. The number of alkyl halides is 1. The predicted octanol–water partition coefficient (Wildman–Crippen LogP) is 0.453. The zero-order chi connectivity index (χ0) is 9.59. The molecule has 2 bridgehead atoms. The number of aliphatic hydroxyl groups is 1. The molecule has 1 N–H and O–H groups in total. The van der Waals surface area contributed by atoms with Crippen LogP contribution < -0.4 is 0 Å². The maximum absolute atomic E-state index is 11.5. The lowest BCUT2D eigenvalue weighted by atomic mass is 9.68. The Bertz CT molecular complexity index is 220. The van der Waals surface area contributed by atoms with Gasteiger partial charge in [-0.25, -0.2) is 0 Å². The number of hydrogen-bond donors (Lipinski definition) is 1. The highest BCUT2D eigenvalue weighted by Crippen LogP contribution is 2.40. The molecule has 3 fully saturated rings. The van der Waals surface area contributed by atoms with E-state index in [1.807, 2.05) is 0 Å². The first-order chi connectivity index (χ1) is 6.09. The summed E-state index contributed by atoms with van der Waals surface area (Å²) in [5.41, 5.74) is 0. The lowest BCUT2D eigenvalue weighted by Crippen LogP contribution is -2.60. The van der Waals surface area contributed by atoms with Crippen LogP contribution in [-0.2, 0) is 4.79 Å². The van der Waals surface area contributed by atoms with Crippen molar-refractivity contribution in [3.63, 3.8) is 0 Å². The van der Waals surface area contributed by atoms with Crippen molar-refractivity contribution in [2.75, 3.05) is 13.1 Å². The molecule has 0 radical (unpaired) electrons. The highest BCUT2D eigenvalue weighted by atomic mass is 35.5. The molecule has 1 amide bonds. The van der Waals surface area contributed by atoms with Crippen LogP contribution in [-0.4, -0.2) is 40.5 Å². The summed E-state index contributed by atoms with van der Waals surface area (Å²) in [6.07, 6.45) is 0.899. The average Bonchev–Trinajstić information content (AvgIpc) is 2.15. The van der Waals surface area contributed by atoms with Gasteiger partial charge in [-0.3, -0.25) is 4.79 Å². The van der Waals surface area contributed by atoms with Gasteiger partial charge in [0.2, 0.25) is 5.91 Å². The normalized spacial score (nSPS) is 39.6. The lowest BCUT2D eigenvalue weighted by Gasteiger charge is -2.51. The molecule has 0 aromatic carbocycles. The van der Waals surface area contributed by atoms with E-state index < -0.39 is 5.38 Å². The summed E-state index contributed by atoms with van der Waals surface area (Å²) >= 11 is 5.71. The average molecular weight is 204 g/mol. The minimum absolute atomic E-state index is 0.00302. The molecule has 4 heteroatoms. The van der Waals surface area contributed by atoms with Crippen molar-refractivity contribution in [2.45, 2.75) is 24.8 Å². The maximum Gasteiger partial charge on any atom is 0.240 e. The Balaban J connectivity index is 1.95. The fourth-order valence-electron chi connectivity index (χ4n) is 2.29. The largest absolute Gasteiger partial charge is 0.392 e. The Morgan fingerprint density at radius 1 is 1.54 bits per heavy atom. The van der Waals surface area contributed by atoms with Gasteiger partial charge in [0.25, 0.3) is 0 Å². The van der Waals surface area contributed by atoms with E-state index in [2.05, 4.69) is 0 Å². The summed E-state index contributed by atoms with van der Waals surface area (Å²) in [6, 6.07) is 0.